The second-order valence-corrected chi connectivity index (χ2v) is 2.42. The first-order valence-corrected chi connectivity index (χ1v) is 3.45. The van der Waals surface area contributed by atoms with E-state index in [2.05, 4.69) is 6.07 Å². The maximum atomic E-state index is 10.4. The van der Waals surface area contributed by atoms with E-state index in [1.807, 2.05) is 0 Å². The summed E-state index contributed by atoms with van der Waals surface area (Å²) in [4.78, 5) is 9.89. The number of nitro groups is 1. The van der Waals surface area contributed by atoms with Crippen molar-refractivity contribution < 1.29 is 10.0 Å². The third kappa shape index (κ3) is 1.60. The Hall–Kier alpha value is -1.42. The molecule has 0 aromatic heterocycles. The van der Waals surface area contributed by atoms with Gasteiger partial charge in [-0.1, -0.05) is 0 Å². The van der Waals surface area contributed by atoms with Crippen LogP contribution in [0.3, 0.4) is 0 Å². The molecule has 0 saturated carbocycles. The Balaban J connectivity index is 3.17. The molecule has 4 heteroatoms. The van der Waals surface area contributed by atoms with Gasteiger partial charge in [0.15, 0.2) is 0 Å². The first kappa shape index (κ1) is 8.67. The van der Waals surface area contributed by atoms with Crippen molar-refractivity contribution in [1.29, 1.82) is 0 Å². The Kier molecular flexibility index (Phi) is 2.40. The molecule has 0 saturated heterocycles. The fourth-order valence-electron chi connectivity index (χ4n) is 0.936. The monoisotopic (exact) mass is 166 g/mol. The van der Waals surface area contributed by atoms with E-state index < -0.39 is 11.0 Å². The van der Waals surface area contributed by atoms with E-state index in [1.165, 1.54) is 25.1 Å². The van der Waals surface area contributed by atoms with Crippen molar-refractivity contribution in [2.45, 2.75) is 13.0 Å². The van der Waals surface area contributed by atoms with Gasteiger partial charge in [-0.25, -0.2) is 0 Å². The molecule has 1 atom stereocenters. The van der Waals surface area contributed by atoms with Gasteiger partial charge >= 0.3 is 0 Å². The molecule has 4 nitrogen and oxygen atoms in total. The lowest BCUT2D eigenvalue weighted by Gasteiger charge is -2.03. The van der Waals surface area contributed by atoms with Crippen LogP contribution in [-0.2, 0) is 0 Å². The molecule has 1 rings (SSSR count). The summed E-state index contributed by atoms with van der Waals surface area (Å²) in [5.74, 6) is 0. The molecule has 0 aliphatic rings. The first-order chi connectivity index (χ1) is 5.63. The zero-order valence-corrected chi connectivity index (χ0v) is 6.52. The van der Waals surface area contributed by atoms with Crippen LogP contribution in [0.1, 0.15) is 18.6 Å². The van der Waals surface area contributed by atoms with Gasteiger partial charge < -0.3 is 5.11 Å². The number of benzene rings is 1. The highest BCUT2D eigenvalue weighted by Crippen LogP contribution is 2.23. The van der Waals surface area contributed by atoms with E-state index in [0.717, 1.165) is 0 Å². The Morgan fingerprint density at radius 2 is 2.42 bits per heavy atom. The Labute approximate surface area is 69.6 Å². The summed E-state index contributed by atoms with van der Waals surface area (Å²) in [5.41, 5.74) is 0.228. The molecule has 1 N–H and O–H groups in total. The molecule has 63 valence electrons. The van der Waals surface area contributed by atoms with Crippen molar-refractivity contribution in [1.82, 2.24) is 0 Å². The molecule has 1 aromatic carbocycles. The van der Waals surface area contributed by atoms with Gasteiger partial charge in [-0.05, 0) is 25.1 Å². The highest BCUT2D eigenvalue weighted by atomic mass is 16.6. The first-order valence-electron chi connectivity index (χ1n) is 3.45. The molecule has 1 radical (unpaired) electrons. The second kappa shape index (κ2) is 3.32. The van der Waals surface area contributed by atoms with Crippen LogP contribution < -0.4 is 0 Å². The highest BCUT2D eigenvalue weighted by molar-refractivity contribution is 5.40. The summed E-state index contributed by atoms with van der Waals surface area (Å²) in [5, 5.41) is 19.5. The minimum absolute atomic E-state index is 0.0660. The summed E-state index contributed by atoms with van der Waals surface area (Å²) < 4.78 is 0. The minimum atomic E-state index is -0.831. The summed E-state index contributed by atoms with van der Waals surface area (Å²) in [6, 6.07) is 6.86. The van der Waals surface area contributed by atoms with E-state index in [1.54, 1.807) is 0 Å². The number of nitrogens with zero attached hydrogens (tertiary/aromatic N) is 1. The van der Waals surface area contributed by atoms with Gasteiger partial charge in [-0.2, -0.15) is 0 Å². The standard InChI is InChI=1S/C8H8NO3/c1-6(10)7-4-2-3-5-8(7)9(11)12/h3-6,10H,1H3. The molecule has 0 bridgehead atoms. The molecule has 0 spiro atoms. The molecular weight excluding hydrogens is 158 g/mol. The quantitative estimate of drug-likeness (QED) is 0.534. The lowest BCUT2D eigenvalue weighted by atomic mass is 10.1. The van der Waals surface area contributed by atoms with Crippen LogP contribution in [0.4, 0.5) is 5.69 Å². The van der Waals surface area contributed by atoms with E-state index in [9.17, 15) is 10.1 Å². The third-order valence-electron chi connectivity index (χ3n) is 1.52. The smallest absolute Gasteiger partial charge is 0.275 e. The van der Waals surface area contributed by atoms with Gasteiger partial charge in [-0.15, -0.1) is 0 Å². The van der Waals surface area contributed by atoms with Crippen molar-refractivity contribution in [2.75, 3.05) is 0 Å². The maximum absolute atomic E-state index is 10.4. The summed E-state index contributed by atoms with van der Waals surface area (Å²) in [6.07, 6.45) is -0.831. The van der Waals surface area contributed by atoms with Gasteiger partial charge in [0.05, 0.1) is 16.6 Å². The number of aliphatic hydroxyl groups is 1. The molecule has 0 amide bonds. The second-order valence-electron chi connectivity index (χ2n) is 2.42. The zero-order chi connectivity index (χ0) is 9.14. The van der Waals surface area contributed by atoms with Crippen LogP contribution in [0.5, 0.6) is 0 Å². The Bertz CT molecular complexity index is 296. The van der Waals surface area contributed by atoms with Crippen LogP contribution >= 0.6 is 0 Å². The lowest BCUT2D eigenvalue weighted by Crippen LogP contribution is -1.98. The highest BCUT2D eigenvalue weighted by Gasteiger charge is 2.15. The molecule has 1 unspecified atom stereocenters. The zero-order valence-electron chi connectivity index (χ0n) is 6.52. The predicted molar refractivity (Wildman–Crippen MR) is 42.6 cm³/mol. The number of hydrogen-bond acceptors (Lipinski definition) is 3. The van der Waals surface area contributed by atoms with Gasteiger partial charge in [0.1, 0.15) is 0 Å². The van der Waals surface area contributed by atoms with Crippen LogP contribution in [0.15, 0.2) is 18.2 Å². The number of rotatable bonds is 2. The summed E-state index contributed by atoms with van der Waals surface area (Å²) >= 11 is 0. The maximum Gasteiger partial charge on any atom is 0.275 e. The SMILES string of the molecule is CC(O)c1c[c]ccc1[N+](=O)[O-]. The largest absolute Gasteiger partial charge is 0.388 e. The normalized spacial score (nSPS) is 12.5. The van der Waals surface area contributed by atoms with E-state index in [-0.39, 0.29) is 5.69 Å². The number of aliphatic hydroxyl groups excluding tert-OH is 1. The Morgan fingerprint density at radius 1 is 1.75 bits per heavy atom. The molecule has 0 aliphatic carbocycles. The summed E-state index contributed by atoms with van der Waals surface area (Å²) in [7, 11) is 0. The summed E-state index contributed by atoms with van der Waals surface area (Å²) in [6.45, 7) is 1.48. The average Bonchev–Trinajstić information content (AvgIpc) is 2.04. The lowest BCUT2D eigenvalue weighted by molar-refractivity contribution is -0.386. The molecule has 0 fully saturated rings. The number of nitro benzene ring substituents is 1. The van der Waals surface area contributed by atoms with Crippen LogP contribution in [0.25, 0.3) is 0 Å². The van der Waals surface area contributed by atoms with Crippen molar-refractivity contribution in [3.63, 3.8) is 0 Å². The molecule has 1 aromatic rings. The molecule has 12 heavy (non-hydrogen) atoms. The van der Waals surface area contributed by atoms with E-state index >= 15 is 0 Å². The average molecular weight is 166 g/mol. The van der Waals surface area contributed by atoms with E-state index in [4.69, 9.17) is 5.11 Å². The minimum Gasteiger partial charge on any atom is -0.388 e. The topological polar surface area (TPSA) is 63.4 Å². The number of hydrogen-bond donors (Lipinski definition) is 1. The molecule has 0 heterocycles. The van der Waals surface area contributed by atoms with Crippen LogP contribution in [0, 0.1) is 16.2 Å². The molecular formula is C8H8NO3. The van der Waals surface area contributed by atoms with Crippen LogP contribution in [0.2, 0.25) is 0 Å². The predicted octanol–water partition coefficient (Wildman–Crippen LogP) is 1.45. The van der Waals surface area contributed by atoms with Gasteiger partial charge in [-0.3, -0.25) is 10.1 Å². The molecule has 0 aliphatic heterocycles. The van der Waals surface area contributed by atoms with E-state index in [0.29, 0.717) is 5.56 Å². The third-order valence-corrected chi connectivity index (χ3v) is 1.52. The van der Waals surface area contributed by atoms with Crippen molar-refractivity contribution >= 4 is 5.69 Å². The van der Waals surface area contributed by atoms with Gasteiger partial charge in [0, 0.05) is 6.07 Å². The van der Waals surface area contributed by atoms with Crippen LogP contribution in [-0.4, -0.2) is 10.0 Å². The van der Waals surface area contributed by atoms with Crippen molar-refractivity contribution in [3.8, 4) is 0 Å². The fourth-order valence-corrected chi connectivity index (χ4v) is 0.936. The van der Waals surface area contributed by atoms with Crippen molar-refractivity contribution in [2.24, 2.45) is 0 Å². The van der Waals surface area contributed by atoms with Gasteiger partial charge in [0.2, 0.25) is 0 Å². The Morgan fingerprint density at radius 3 is 2.83 bits per heavy atom. The fraction of sp³-hybridized carbons (Fsp3) is 0.250. The van der Waals surface area contributed by atoms with Crippen molar-refractivity contribution in [3.05, 3.63) is 39.9 Å². The van der Waals surface area contributed by atoms with Gasteiger partial charge in [0.25, 0.3) is 5.69 Å².